The Balaban J connectivity index is 2.65. The Morgan fingerprint density at radius 3 is 2.82 bits per heavy atom. The van der Waals surface area contributed by atoms with Crippen molar-refractivity contribution in [3.63, 3.8) is 0 Å². The zero-order valence-electron chi connectivity index (χ0n) is 9.51. The molecule has 1 N–H and O–H groups in total. The number of hydrogen-bond acceptors (Lipinski definition) is 4. The predicted molar refractivity (Wildman–Crippen MR) is 61.9 cm³/mol. The summed E-state index contributed by atoms with van der Waals surface area (Å²) in [7, 11) is 1.57. The SMILES string of the molecule is COCCCNC(=O)c1ccccc1[N+](=O)[O-]. The summed E-state index contributed by atoms with van der Waals surface area (Å²) in [4.78, 5) is 21.8. The van der Waals surface area contributed by atoms with Crippen LogP contribution in [0.25, 0.3) is 0 Å². The fourth-order valence-electron chi connectivity index (χ4n) is 1.34. The quantitative estimate of drug-likeness (QED) is 0.461. The van der Waals surface area contributed by atoms with Gasteiger partial charge in [0.2, 0.25) is 0 Å². The largest absolute Gasteiger partial charge is 0.385 e. The van der Waals surface area contributed by atoms with Gasteiger partial charge in [-0.1, -0.05) is 12.1 Å². The van der Waals surface area contributed by atoms with Gasteiger partial charge in [-0.2, -0.15) is 0 Å². The molecule has 1 rings (SSSR count). The van der Waals surface area contributed by atoms with Crippen molar-refractivity contribution in [2.24, 2.45) is 0 Å². The Morgan fingerprint density at radius 1 is 1.47 bits per heavy atom. The number of nitro groups is 1. The van der Waals surface area contributed by atoms with Crippen LogP contribution in [0.5, 0.6) is 0 Å². The van der Waals surface area contributed by atoms with Gasteiger partial charge in [0.05, 0.1) is 4.92 Å². The van der Waals surface area contributed by atoms with E-state index in [0.717, 1.165) is 0 Å². The topological polar surface area (TPSA) is 81.5 Å². The molecule has 17 heavy (non-hydrogen) atoms. The summed E-state index contributed by atoms with van der Waals surface area (Å²) in [6.07, 6.45) is 0.670. The Hall–Kier alpha value is -1.95. The smallest absolute Gasteiger partial charge is 0.282 e. The molecule has 0 saturated heterocycles. The van der Waals surface area contributed by atoms with Gasteiger partial charge in [-0.05, 0) is 12.5 Å². The normalized spacial score (nSPS) is 9.94. The van der Waals surface area contributed by atoms with Crippen LogP contribution in [-0.4, -0.2) is 31.1 Å². The van der Waals surface area contributed by atoms with Gasteiger partial charge >= 0.3 is 0 Å². The number of hydrogen-bond donors (Lipinski definition) is 1. The molecular weight excluding hydrogens is 224 g/mol. The summed E-state index contributed by atoms with van der Waals surface area (Å²) in [5, 5.41) is 13.3. The number of nitro benzene ring substituents is 1. The fraction of sp³-hybridized carbons (Fsp3) is 0.364. The number of carbonyl (C=O) groups excluding carboxylic acids is 1. The summed E-state index contributed by atoms with van der Waals surface area (Å²) >= 11 is 0. The first-order valence-corrected chi connectivity index (χ1v) is 5.17. The average molecular weight is 238 g/mol. The zero-order valence-corrected chi connectivity index (χ0v) is 9.51. The lowest BCUT2D eigenvalue weighted by molar-refractivity contribution is -0.385. The molecule has 0 saturated carbocycles. The van der Waals surface area contributed by atoms with Gasteiger partial charge in [0.25, 0.3) is 11.6 Å². The Bertz CT molecular complexity index is 406. The number of methoxy groups -OCH3 is 1. The number of nitrogens with zero attached hydrogens (tertiary/aromatic N) is 1. The van der Waals surface area contributed by atoms with E-state index in [9.17, 15) is 14.9 Å². The van der Waals surface area contributed by atoms with E-state index in [0.29, 0.717) is 19.6 Å². The first kappa shape index (κ1) is 13.1. The lowest BCUT2D eigenvalue weighted by Crippen LogP contribution is -2.25. The molecule has 0 bridgehead atoms. The third kappa shape index (κ3) is 3.84. The van der Waals surface area contributed by atoms with E-state index in [1.54, 1.807) is 13.2 Å². The van der Waals surface area contributed by atoms with Crippen molar-refractivity contribution in [3.8, 4) is 0 Å². The number of para-hydroxylation sites is 1. The third-order valence-corrected chi connectivity index (χ3v) is 2.16. The lowest BCUT2D eigenvalue weighted by atomic mass is 10.1. The molecule has 0 atom stereocenters. The number of amides is 1. The molecule has 6 heteroatoms. The van der Waals surface area contributed by atoms with E-state index < -0.39 is 10.8 Å². The summed E-state index contributed by atoms with van der Waals surface area (Å²) in [5.41, 5.74) is -0.105. The molecule has 0 aliphatic heterocycles. The molecular formula is C11H14N2O4. The van der Waals surface area contributed by atoms with E-state index in [1.165, 1.54) is 18.2 Å². The van der Waals surface area contributed by atoms with Crippen LogP contribution in [0, 0.1) is 10.1 Å². The first-order chi connectivity index (χ1) is 8.16. The van der Waals surface area contributed by atoms with Crippen molar-refractivity contribution in [1.29, 1.82) is 0 Å². The summed E-state index contributed by atoms with van der Waals surface area (Å²) in [6, 6.07) is 5.87. The average Bonchev–Trinajstić information content (AvgIpc) is 2.34. The van der Waals surface area contributed by atoms with Crippen LogP contribution in [-0.2, 0) is 4.74 Å². The maximum Gasteiger partial charge on any atom is 0.282 e. The van der Waals surface area contributed by atoms with E-state index in [-0.39, 0.29) is 11.3 Å². The van der Waals surface area contributed by atoms with Gasteiger partial charge in [-0.15, -0.1) is 0 Å². The monoisotopic (exact) mass is 238 g/mol. The van der Waals surface area contributed by atoms with E-state index in [4.69, 9.17) is 4.74 Å². The zero-order chi connectivity index (χ0) is 12.7. The minimum absolute atomic E-state index is 0.0786. The van der Waals surface area contributed by atoms with Gasteiger partial charge < -0.3 is 10.1 Å². The van der Waals surface area contributed by atoms with Crippen molar-refractivity contribution >= 4 is 11.6 Å². The van der Waals surface area contributed by atoms with Crippen LogP contribution in [0.2, 0.25) is 0 Å². The second kappa shape index (κ2) is 6.59. The van der Waals surface area contributed by atoms with Crippen LogP contribution in [0.3, 0.4) is 0 Å². The maximum atomic E-state index is 11.7. The molecule has 0 aliphatic rings. The lowest BCUT2D eigenvalue weighted by Gasteiger charge is -2.05. The molecule has 1 amide bonds. The molecule has 92 valence electrons. The van der Waals surface area contributed by atoms with Crippen LogP contribution in [0.1, 0.15) is 16.8 Å². The van der Waals surface area contributed by atoms with Gasteiger partial charge in [-0.25, -0.2) is 0 Å². The van der Waals surface area contributed by atoms with E-state index >= 15 is 0 Å². The molecule has 0 radical (unpaired) electrons. The number of carbonyl (C=O) groups is 1. The maximum absolute atomic E-state index is 11.7. The molecule has 0 unspecified atom stereocenters. The molecule has 0 heterocycles. The molecule has 1 aromatic carbocycles. The third-order valence-electron chi connectivity index (χ3n) is 2.16. The van der Waals surface area contributed by atoms with Crippen molar-refractivity contribution < 1.29 is 14.5 Å². The number of benzene rings is 1. The number of nitrogens with one attached hydrogen (secondary N) is 1. The van der Waals surface area contributed by atoms with Crippen LogP contribution >= 0.6 is 0 Å². The van der Waals surface area contributed by atoms with Gasteiger partial charge in [0.15, 0.2) is 0 Å². The summed E-state index contributed by atoms with van der Waals surface area (Å²) in [5.74, 6) is -0.437. The molecule has 1 aromatic rings. The minimum Gasteiger partial charge on any atom is -0.385 e. The van der Waals surface area contributed by atoms with Crippen molar-refractivity contribution in [2.45, 2.75) is 6.42 Å². The minimum atomic E-state index is -0.565. The highest BCUT2D eigenvalue weighted by Crippen LogP contribution is 2.17. The molecule has 6 nitrogen and oxygen atoms in total. The fourth-order valence-corrected chi connectivity index (χ4v) is 1.34. The van der Waals surface area contributed by atoms with Gasteiger partial charge in [0, 0.05) is 26.3 Å². The molecule has 0 aliphatic carbocycles. The highest BCUT2D eigenvalue weighted by Gasteiger charge is 2.18. The summed E-state index contributed by atoms with van der Waals surface area (Å²) < 4.78 is 4.83. The Labute approximate surface area is 98.7 Å². The summed E-state index contributed by atoms with van der Waals surface area (Å²) in [6.45, 7) is 0.968. The van der Waals surface area contributed by atoms with Gasteiger partial charge in [0.1, 0.15) is 5.56 Å². The van der Waals surface area contributed by atoms with Crippen LogP contribution in [0.15, 0.2) is 24.3 Å². The highest BCUT2D eigenvalue weighted by atomic mass is 16.6. The van der Waals surface area contributed by atoms with E-state index in [1.807, 2.05) is 0 Å². The standard InChI is InChI=1S/C11H14N2O4/c1-17-8-4-7-12-11(14)9-5-2-3-6-10(9)13(15)16/h2-3,5-6H,4,7-8H2,1H3,(H,12,14). The van der Waals surface area contributed by atoms with Crippen molar-refractivity contribution in [1.82, 2.24) is 5.32 Å². The van der Waals surface area contributed by atoms with Crippen LogP contribution < -0.4 is 5.32 Å². The second-order valence-electron chi connectivity index (χ2n) is 3.38. The Kier molecular flexibility index (Phi) is 5.09. The molecule has 0 spiro atoms. The van der Waals surface area contributed by atoms with Crippen molar-refractivity contribution in [2.75, 3.05) is 20.3 Å². The van der Waals surface area contributed by atoms with Gasteiger partial charge in [-0.3, -0.25) is 14.9 Å². The number of rotatable bonds is 6. The molecule has 0 fully saturated rings. The number of ether oxygens (including phenoxy) is 1. The first-order valence-electron chi connectivity index (χ1n) is 5.17. The second-order valence-corrected chi connectivity index (χ2v) is 3.38. The Morgan fingerprint density at radius 2 is 2.18 bits per heavy atom. The molecule has 0 aromatic heterocycles. The highest BCUT2D eigenvalue weighted by molar-refractivity contribution is 5.98. The predicted octanol–water partition coefficient (Wildman–Crippen LogP) is 1.36. The van der Waals surface area contributed by atoms with Crippen LogP contribution in [0.4, 0.5) is 5.69 Å². The van der Waals surface area contributed by atoms with E-state index in [2.05, 4.69) is 5.32 Å². The van der Waals surface area contributed by atoms with Crippen molar-refractivity contribution in [3.05, 3.63) is 39.9 Å².